The van der Waals surface area contributed by atoms with Crippen molar-refractivity contribution >= 4 is 22.6 Å². The molecule has 0 aliphatic carbocycles. The van der Waals surface area contributed by atoms with Crippen LogP contribution in [0.15, 0.2) is 47.5 Å². The molecule has 0 aliphatic rings. The Morgan fingerprint density at radius 3 is 2.76 bits per heavy atom. The maximum absolute atomic E-state index is 6.02. The zero-order chi connectivity index (χ0) is 15.2. The minimum absolute atomic E-state index is 0.575. The van der Waals surface area contributed by atoms with Crippen LogP contribution in [0.4, 0.5) is 5.69 Å². The quantitative estimate of drug-likeness (QED) is 0.680. The Hall–Kier alpha value is -1.94. The molecule has 2 rings (SSSR count). The molecule has 4 heteroatoms. The van der Waals surface area contributed by atoms with Crippen LogP contribution in [0.25, 0.3) is 0 Å². The summed E-state index contributed by atoms with van der Waals surface area (Å²) in [5, 5.41) is 0.575. The fourth-order valence-electron chi connectivity index (χ4n) is 1.91. The molecule has 0 amide bonds. The Morgan fingerprint density at radius 1 is 1.19 bits per heavy atom. The Kier molecular flexibility index (Phi) is 5.28. The number of hydrogen-bond donors (Lipinski definition) is 1. The number of hydrogen-bond acceptors (Lipinski definition) is 3. The van der Waals surface area contributed by atoms with E-state index in [1.54, 1.807) is 7.11 Å². The molecule has 0 spiro atoms. The van der Waals surface area contributed by atoms with Crippen molar-refractivity contribution in [2.75, 3.05) is 7.11 Å². The highest BCUT2D eigenvalue weighted by Crippen LogP contribution is 2.23. The summed E-state index contributed by atoms with van der Waals surface area (Å²) in [4.78, 5) is 4.50. The van der Waals surface area contributed by atoms with Crippen molar-refractivity contribution in [1.82, 2.24) is 0 Å². The molecule has 2 N–H and O–H groups in total. The van der Waals surface area contributed by atoms with Crippen LogP contribution >= 0.6 is 11.8 Å². The third kappa shape index (κ3) is 4.53. The molecular weight excluding hydrogens is 280 g/mol. The molecule has 21 heavy (non-hydrogen) atoms. The van der Waals surface area contributed by atoms with E-state index in [1.807, 2.05) is 31.2 Å². The van der Waals surface area contributed by atoms with Gasteiger partial charge in [-0.2, -0.15) is 0 Å². The minimum Gasteiger partial charge on any atom is -0.497 e. The van der Waals surface area contributed by atoms with Crippen LogP contribution in [0.1, 0.15) is 16.7 Å². The van der Waals surface area contributed by atoms with Crippen LogP contribution < -0.4 is 10.5 Å². The average Bonchev–Trinajstić information content (AvgIpc) is 2.49. The van der Waals surface area contributed by atoms with Crippen molar-refractivity contribution in [1.29, 1.82) is 0 Å². The SMILES string of the molecule is COc1cccc(CSC(N)=Nc2cc(C)ccc2C)c1. The highest BCUT2D eigenvalue weighted by atomic mass is 32.2. The largest absolute Gasteiger partial charge is 0.497 e. The molecule has 0 fully saturated rings. The molecule has 3 nitrogen and oxygen atoms in total. The zero-order valence-corrected chi connectivity index (χ0v) is 13.4. The van der Waals surface area contributed by atoms with E-state index in [9.17, 15) is 0 Å². The Labute approximate surface area is 130 Å². The van der Waals surface area contributed by atoms with E-state index in [4.69, 9.17) is 10.5 Å². The van der Waals surface area contributed by atoms with Gasteiger partial charge >= 0.3 is 0 Å². The van der Waals surface area contributed by atoms with Crippen LogP contribution in [-0.2, 0) is 5.75 Å². The monoisotopic (exact) mass is 300 g/mol. The van der Waals surface area contributed by atoms with Gasteiger partial charge in [0.05, 0.1) is 12.8 Å². The van der Waals surface area contributed by atoms with E-state index < -0.39 is 0 Å². The smallest absolute Gasteiger partial charge is 0.159 e. The van der Waals surface area contributed by atoms with Gasteiger partial charge in [0, 0.05) is 5.75 Å². The maximum Gasteiger partial charge on any atom is 0.159 e. The van der Waals surface area contributed by atoms with Gasteiger partial charge in [0.15, 0.2) is 5.17 Å². The molecule has 2 aromatic carbocycles. The lowest BCUT2D eigenvalue weighted by molar-refractivity contribution is 0.414. The van der Waals surface area contributed by atoms with Crippen molar-refractivity contribution < 1.29 is 4.74 Å². The molecule has 0 bridgehead atoms. The molecule has 0 atom stereocenters. The van der Waals surface area contributed by atoms with Gasteiger partial charge in [-0.05, 0) is 48.7 Å². The first kappa shape index (κ1) is 15.4. The first-order valence-corrected chi connectivity index (χ1v) is 7.74. The summed E-state index contributed by atoms with van der Waals surface area (Å²) in [6.45, 7) is 4.09. The van der Waals surface area contributed by atoms with Crippen molar-refractivity contribution in [2.24, 2.45) is 10.7 Å². The van der Waals surface area contributed by atoms with E-state index in [2.05, 4.69) is 30.1 Å². The van der Waals surface area contributed by atoms with Crippen molar-refractivity contribution in [3.63, 3.8) is 0 Å². The second kappa shape index (κ2) is 7.18. The molecule has 0 heterocycles. The topological polar surface area (TPSA) is 47.6 Å². The number of thioether (sulfide) groups is 1. The number of nitrogens with two attached hydrogens (primary N) is 1. The van der Waals surface area contributed by atoms with Crippen molar-refractivity contribution in [3.05, 3.63) is 59.2 Å². The highest BCUT2D eigenvalue weighted by molar-refractivity contribution is 8.13. The summed E-state index contributed by atoms with van der Waals surface area (Å²) >= 11 is 1.53. The van der Waals surface area contributed by atoms with Crippen LogP contribution in [0.3, 0.4) is 0 Å². The van der Waals surface area contributed by atoms with E-state index in [0.717, 1.165) is 22.8 Å². The number of amidine groups is 1. The Balaban J connectivity index is 2.05. The molecule has 0 saturated heterocycles. The van der Waals surface area contributed by atoms with Gasteiger partial charge in [-0.25, -0.2) is 4.99 Å². The van der Waals surface area contributed by atoms with Crippen LogP contribution in [0, 0.1) is 13.8 Å². The van der Waals surface area contributed by atoms with E-state index in [1.165, 1.54) is 22.9 Å². The molecular formula is C17H20N2OS. The lowest BCUT2D eigenvalue weighted by Crippen LogP contribution is -2.06. The number of methoxy groups -OCH3 is 1. The molecule has 0 radical (unpaired) electrons. The van der Waals surface area contributed by atoms with Gasteiger partial charge in [0.25, 0.3) is 0 Å². The Morgan fingerprint density at radius 2 is 2.00 bits per heavy atom. The number of nitrogens with zero attached hydrogens (tertiary/aromatic N) is 1. The van der Waals surface area contributed by atoms with Gasteiger partial charge in [-0.1, -0.05) is 36.0 Å². The average molecular weight is 300 g/mol. The number of aryl methyl sites for hydroxylation is 2. The molecule has 2 aromatic rings. The third-order valence-corrected chi connectivity index (χ3v) is 3.98. The van der Waals surface area contributed by atoms with Gasteiger partial charge in [0.2, 0.25) is 0 Å². The first-order chi connectivity index (χ1) is 10.1. The molecule has 0 aromatic heterocycles. The van der Waals surface area contributed by atoms with Gasteiger partial charge in [0.1, 0.15) is 5.75 Å². The normalized spacial score (nSPS) is 11.5. The predicted octanol–water partition coefficient (Wildman–Crippen LogP) is 4.19. The summed E-state index contributed by atoms with van der Waals surface area (Å²) in [6, 6.07) is 14.2. The molecule has 0 saturated carbocycles. The summed E-state index contributed by atoms with van der Waals surface area (Å²) in [6.07, 6.45) is 0. The number of rotatable bonds is 4. The number of aliphatic imine (C=N–C) groups is 1. The number of ether oxygens (including phenoxy) is 1. The summed E-state index contributed by atoms with van der Waals surface area (Å²) in [5.74, 6) is 1.63. The summed E-state index contributed by atoms with van der Waals surface area (Å²) in [7, 11) is 1.67. The van der Waals surface area contributed by atoms with Crippen LogP contribution in [-0.4, -0.2) is 12.3 Å². The molecule has 110 valence electrons. The van der Waals surface area contributed by atoms with Gasteiger partial charge in [-0.15, -0.1) is 0 Å². The fraction of sp³-hybridized carbons (Fsp3) is 0.235. The summed E-state index contributed by atoms with van der Waals surface area (Å²) < 4.78 is 5.22. The predicted molar refractivity (Wildman–Crippen MR) is 91.5 cm³/mol. The lowest BCUT2D eigenvalue weighted by Gasteiger charge is -2.06. The molecule has 0 unspecified atom stereocenters. The number of benzene rings is 2. The standard InChI is InChI=1S/C17H20N2OS/c1-12-7-8-13(2)16(9-12)19-17(18)21-11-14-5-4-6-15(10-14)20-3/h4-10H,11H2,1-3H3,(H2,18,19). The van der Waals surface area contributed by atoms with Crippen LogP contribution in [0.5, 0.6) is 5.75 Å². The fourth-order valence-corrected chi connectivity index (χ4v) is 2.57. The third-order valence-electron chi connectivity index (χ3n) is 3.12. The minimum atomic E-state index is 0.575. The highest BCUT2D eigenvalue weighted by Gasteiger charge is 2.02. The lowest BCUT2D eigenvalue weighted by atomic mass is 10.1. The second-order valence-electron chi connectivity index (χ2n) is 4.88. The maximum atomic E-state index is 6.02. The van der Waals surface area contributed by atoms with E-state index >= 15 is 0 Å². The second-order valence-corrected chi connectivity index (χ2v) is 5.88. The van der Waals surface area contributed by atoms with E-state index in [0.29, 0.717) is 5.17 Å². The Bertz CT molecular complexity index is 653. The molecule has 0 aliphatic heterocycles. The van der Waals surface area contributed by atoms with Crippen molar-refractivity contribution in [3.8, 4) is 5.75 Å². The first-order valence-electron chi connectivity index (χ1n) is 6.75. The van der Waals surface area contributed by atoms with Gasteiger partial charge in [-0.3, -0.25) is 0 Å². The van der Waals surface area contributed by atoms with Gasteiger partial charge < -0.3 is 10.5 Å². The van der Waals surface area contributed by atoms with E-state index in [-0.39, 0.29) is 0 Å². The summed E-state index contributed by atoms with van der Waals surface area (Å²) in [5.41, 5.74) is 10.4. The van der Waals surface area contributed by atoms with Crippen molar-refractivity contribution in [2.45, 2.75) is 19.6 Å². The zero-order valence-electron chi connectivity index (χ0n) is 12.6. The van der Waals surface area contributed by atoms with Crippen LogP contribution in [0.2, 0.25) is 0 Å².